The largest absolute Gasteiger partial charge is 0.334 e. The van der Waals surface area contributed by atoms with Crippen molar-refractivity contribution in [1.29, 1.82) is 0 Å². The number of carbonyl (C=O) groups is 1. The van der Waals surface area contributed by atoms with E-state index in [4.69, 9.17) is 4.52 Å². The van der Waals surface area contributed by atoms with Crippen LogP contribution in [0.15, 0.2) is 65.2 Å². The van der Waals surface area contributed by atoms with Gasteiger partial charge < -0.3 is 9.84 Å². The second-order valence-electron chi connectivity index (χ2n) is 4.93. The molecule has 0 atom stereocenters. The van der Waals surface area contributed by atoms with Crippen molar-refractivity contribution in [3.05, 3.63) is 72.1 Å². The Bertz CT molecular complexity index is 838. The van der Waals surface area contributed by atoms with E-state index in [0.717, 1.165) is 5.56 Å². The molecule has 0 aliphatic rings. The molecule has 1 aromatic heterocycles. The van der Waals surface area contributed by atoms with Crippen molar-refractivity contribution < 1.29 is 9.32 Å². The van der Waals surface area contributed by atoms with Gasteiger partial charge in [-0.05, 0) is 30.7 Å². The molecule has 0 aliphatic heterocycles. The minimum absolute atomic E-state index is 0.224. The molecule has 23 heavy (non-hydrogen) atoms. The van der Waals surface area contributed by atoms with Crippen LogP contribution in [-0.4, -0.2) is 16.0 Å². The molecule has 0 spiro atoms. The molecule has 3 rings (SSSR count). The number of benzene rings is 2. The number of para-hydroxylation sites is 1. The Morgan fingerprint density at radius 1 is 1.09 bits per heavy atom. The molecule has 0 saturated carbocycles. The zero-order chi connectivity index (χ0) is 16.1. The minimum Gasteiger partial charge on any atom is -0.334 e. The molecule has 0 radical (unpaired) electrons. The molecule has 0 saturated heterocycles. The Hall–Kier alpha value is -3.21. The van der Waals surface area contributed by atoms with Gasteiger partial charge in [0.15, 0.2) is 5.82 Å². The monoisotopic (exact) mass is 305 g/mol. The first-order valence-electron chi connectivity index (χ1n) is 7.16. The van der Waals surface area contributed by atoms with E-state index >= 15 is 0 Å². The summed E-state index contributed by atoms with van der Waals surface area (Å²) in [6, 6.07) is 16.9. The highest BCUT2D eigenvalue weighted by molar-refractivity contribution is 6.03. The second kappa shape index (κ2) is 6.70. The van der Waals surface area contributed by atoms with Crippen molar-refractivity contribution in [2.24, 2.45) is 0 Å². The van der Waals surface area contributed by atoms with Gasteiger partial charge in [-0.25, -0.2) is 0 Å². The second-order valence-corrected chi connectivity index (χ2v) is 4.93. The topological polar surface area (TPSA) is 68.0 Å². The summed E-state index contributed by atoms with van der Waals surface area (Å²) in [5.41, 5.74) is 2.27. The Morgan fingerprint density at radius 3 is 2.57 bits per heavy atom. The number of aryl methyl sites for hydroxylation is 1. The van der Waals surface area contributed by atoms with Crippen LogP contribution in [0.4, 0.5) is 5.69 Å². The van der Waals surface area contributed by atoms with Gasteiger partial charge >= 0.3 is 0 Å². The number of hydrogen-bond acceptors (Lipinski definition) is 4. The third-order valence-electron chi connectivity index (χ3n) is 3.17. The number of nitrogens with one attached hydrogen (secondary N) is 1. The van der Waals surface area contributed by atoms with E-state index in [9.17, 15) is 4.79 Å². The van der Waals surface area contributed by atoms with Gasteiger partial charge in [0.25, 0.3) is 5.89 Å². The summed E-state index contributed by atoms with van der Waals surface area (Å²) < 4.78 is 5.17. The maximum absolute atomic E-state index is 12.1. The van der Waals surface area contributed by atoms with Crippen LogP contribution in [0.25, 0.3) is 17.5 Å². The predicted molar refractivity (Wildman–Crippen MR) is 88.6 cm³/mol. The summed E-state index contributed by atoms with van der Waals surface area (Å²) >= 11 is 0. The maximum Gasteiger partial charge on any atom is 0.260 e. The molecule has 0 aliphatic carbocycles. The number of rotatable bonds is 4. The number of carbonyl (C=O) groups excluding carboxylic acids is 1. The fourth-order valence-electron chi connectivity index (χ4n) is 2.10. The average Bonchev–Trinajstić information content (AvgIpc) is 3.01. The molecule has 2 aromatic carbocycles. The molecule has 5 nitrogen and oxygen atoms in total. The molecule has 1 heterocycles. The Kier molecular flexibility index (Phi) is 4.29. The van der Waals surface area contributed by atoms with E-state index in [1.807, 2.05) is 48.5 Å². The Labute approximate surface area is 133 Å². The number of nitrogens with zero attached hydrogens (tertiary/aromatic N) is 2. The van der Waals surface area contributed by atoms with E-state index < -0.39 is 0 Å². The number of amides is 1. The lowest BCUT2D eigenvalue weighted by atomic mass is 10.1. The zero-order valence-electron chi connectivity index (χ0n) is 12.6. The third-order valence-corrected chi connectivity index (χ3v) is 3.17. The van der Waals surface area contributed by atoms with Gasteiger partial charge in [-0.3, -0.25) is 4.79 Å². The van der Waals surface area contributed by atoms with Gasteiger partial charge in [-0.15, -0.1) is 0 Å². The first-order chi connectivity index (χ1) is 11.2. The van der Waals surface area contributed by atoms with Gasteiger partial charge in [0.2, 0.25) is 5.91 Å². The van der Waals surface area contributed by atoms with Crippen LogP contribution >= 0.6 is 0 Å². The fourth-order valence-corrected chi connectivity index (χ4v) is 2.10. The smallest absolute Gasteiger partial charge is 0.260 e. The first-order valence-corrected chi connectivity index (χ1v) is 7.16. The van der Waals surface area contributed by atoms with Crippen LogP contribution < -0.4 is 5.32 Å². The average molecular weight is 305 g/mol. The van der Waals surface area contributed by atoms with Crippen LogP contribution in [0.2, 0.25) is 0 Å². The van der Waals surface area contributed by atoms with E-state index in [0.29, 0.717) is 23.0 Å². The maximum atomic E-state index is 12.1. The Balaban J connectivity index is 1.78. The van der Waals surface area contributed by atoms with Crippen LogP contribution in [-0.2, 0) is 4.79 Å². The molecule has 0 bridgehead atoms. The zero-order valence-corrected chi connectivity index (χ0v) is 12.6. The van der Waals surface area contributed by atoms with Gasteiger partial charge in [0.05, 0.1) is 11.3 Å². The lowest BCUT2D eigenvalue weighted by Crippen LogP contribution is -2.08. The summed E-state index contributed by atoms with van der Waals surface area (Å²) in [5.74, 6) is 0.702. The van der Waals surface area contributed by atoms with Crippen molar-refractivity contribution in [2.45, 2.75) is 6.92 Å². The molecule has 1 N–H and O–H groups in total. The number of hydrogen-bond donors (Lipinski definition) is 1. The highest BCUT2D eigenvalue weighted by Crippen LogP contribution is 2.26. The van der Waals surface area contributed by atoms with E-state index in [2.05, 4.69) is 15.5 Å². The van der Waals surface area contributed by atoms with Gasteiger partial charge in [-0.1, -0.05) is 47.6 Å². The normalized spacial score (nSPS) is 10.8. The fraction of sp³-hybridized carbons (Fsp3) is 0.0556. The molecule has 0 fully saturated rings. The quantitative estimate of drug-likeness (QED) is 0.746. The minimum atomic E-state index is -0.224. The lowest BCUT2D eigenvalue weighted by molar-refractivity contribution is -0.111. The van der Waals surface area contributed by atoms with E-state index in [-0.39, 0.29) is 5.91 Å². The summed E-state index contributed by atoms with van der Waals surface area (Å²) in [6.45, 7) is 1.75. The summed E-state index contributed by atoms with van der Waals surface area (Å²) in [7, 11) is 0. The molecule has 3 aromatic rings. The molecule has 1 amide bonds. The van der Waals surface area contributed by atoms with Crippen LogP contribution in [0, 0.1) is 6.92 Å². The van der Waals surface area contributed by atoms with Gasteiger partial charge in [0, 0.05) is 6.08 Å². The highest BCUT2D eigenvalue weighted by Gasteiger charge is 2.12. The molecular formula is C18H15N3O2. The van der Waals surface area contributed by atoms with Crippen molar-refractivity contribution in [3.63, 3.8) is 0 Å². The van der Waals surface area contributed by atoms with E-state index in [1.54, 1.807) is 19.1 Å². The third kappa shape index (κ3) is 3.71. The number of anilines is 1. The predicted octanol–water partition coefficient (Wildman–Crippen LogP) is 3.70. The summed E-state index contributed by atoms with van der Waals surface area (Å²) in [4.78, 5) is 16.3. The van der Waals surface area contributed by atoms with Gasteiger partial charge in [0.1, 0.15) is 0 Å². The van der Waals surface area contributed by atoms with Crippen LogP contribution in [0.3, 0.4) is 0 Å². The number of aromatic nitrogens is 2. The van der Waals surface area contributed by atoms with Crippen molar-refractivity contribution in [3.8, 4) is 11.5 Å². The first kappa shape index (κ1) is 14.7. The van der Waals surface area contributed by atoms with Crippen molar-refractivity contribution >= 4 is 17.7 Å². The lowest BCUT2D eigenvalue weighted by Gasteiger charge is -2.06. The van der Waals surface area contributed by atoms with Gasteiger partial charge in [-0.2, -0.15) is 4.98 Å². The van der Waals surface area contributed by atoms with E-state index in [1.165, 1.54) is 6.08 Å². The summed E-state index contributed by atoms with van der Waals surface area (Å²) in [6.07, 6.45) is 3.25. The highest BCUT2D eigenvalue weighted by atomic mass is 16.5. The van der Waals surface area contributed by atoms with Crippen LogP contribution in [0.5, 0.6) is 0 Å². The Morgan fingerprint density at radius 2 is 1.83 bits per heavy atom. The van der Waals surface area contributed by atoms with Crippen LogP contribution in [0.1, 0.15) is 11.4 Å². The standard InChI is InChI=1S/C18H15N3O2/c1-13-19-18(23-21-13)15-9-5-6-10-16(15)20-17(22)12-11-14-7-3-2-4-8-14/h2-12H,1H3,(H,20,22). The van der Waals surface area contributed by atoms with Crippen molar-refractivity contribution in [1.82, 2.24) is 10.1 Å². The molecule has 5 heteroatoms. The van der Waals surface area contributed by atoms with Crippen molar-refractivity contribution in [2.75, 3.05) is 5.32 Å². The molecular weight excluding hydrogens is 290 g/mol. The summed E-state index contributed by atoms with van der Waals surface area (Å²) in [5, 5.41) is 6.61. The molecule has 0 unspecified atom stereocenters. The SMILES string of the molecule is Cc1noc(-c2ccccc2NC(=O)C=Cc2ccccc2)n1. The molecule has 114 valence electrons.